The van der Waals surface area contributed by atoms with Gasteiger partial charge in [0.05, 0.1) is 17.8 Å². The third-order valence-corrected chi connectivity index (χ3v) is 7.87. The number of hydrogen-bond donors (Lipinski definition) is 0. The number of rotatable bonds is 6. The summed E-state index contributed by atoms with van der Waals surface area (Å²) in [4.78, 5) is 6.27. The van der Waals surface area contributed by atoms with Gasteiger partial charge in [0.25, 0.3) is 0 Å². The smallest absolute Gasteiger partial charge is 0.172 e. The van der Waals surface area contributed by atoms with Crippen LogP contribution in [-0.4, -0.2) is 54.5 Å². The van der Waals surface area contributed by atoms with E-state index in [0.29, 0.717) is 6.61 Å². The lowest BCUT2D eigenvalue weighted by molar-refractivity contribution is -0.425. The lowest BCUT2D eigenvalue weighted by atomic mass is 9.65. The molecule has 2 atom stereocenters. The van der Waals surface area contributed by atoms with Gasteiger partial charge in [-0.2, -0.15) is 5.06 Å². The molecule has 0 radical (unpaired) electrons. The first kappa shape index (κ1) is 23.0. The molecule has 1 spiro atoms. The van der Waals surface area contributed by atoms with E-state index in [9.17, 15) is 0 Å². The van der Waals surface area contributed by atoms with E-state index in [-0.39, 0.29) is 28.8 Å². The Morgan fingerprint density at radius 2 is 1.52 bits per heavy atom. The van der Waals surface area contributed by atoms with Gasteiger partial charge in [0.2, 0.25) is 0 Å². The van der Waals surface area contributed by atoms with Gasteiger partial charge in [-0.05, 0) is 52.3 Å². The van der Waals surface area contributed by atoms with Crippen LogP contribution in [0.25, 0.3) is 0 Å². The molecular weight excluding hydrogens is 394 g/mol. The van der Waals surface area contributed by atoms with Crippen LogP contribution in [0.3, 0.4) is 0 Å². The summed E-state index contributed by atoms with van der Waals surface area (Å²) in [5.74, 6) is 0.321. The van der Waals surface area contributed by atoms with Gasteiger partial charge in [0, 0.05) is 31.3 Å². The minimum absolute atomic E-state index is 0.0325. The maximum atomic E-state index is 6.62. The Balaban J connectivity index is 1.31. The molecule has 0 aliphatic carbocycles. The zero-order valence-electron chi connectivity index (χ0n) is 20.2. The van der Waals surface area contributed by atoms with E-state index < -0.39 is 5.79 Å². The molecule has 0 amide bonds. The van der Waals surface area contributed by atoms with Crippen LogP contribution in [0, 0.1) is 5.41 Å². The fourth-order valence-corrected chi connectivity index (χ4v) is 4.54. The number of ether oxygens (including phenoxy) is 4. The average Bonchev–Trinajstić information content (AvgIpc) is 3.51. The maximum Gasteiger partial charge on any atom is 0.172 e. The molecule has 3 aliphatic rings. The van der Waals surface area contributed by atoms with Crippen molar-refractivity contribution in [1.82, 2.24) is 5.06 Å². The molecule has 0 saturated carbocycles. The van der Waals surface area contributed by atoms with Crippen molar-refractivity contribution in [2.24, 2.45) is 5.41 Å². The summed E-state index contributed by atoms with van der Waals surface area (Å²) < 4.78 is 24.1. The Morgan fingerprint density at radius 3 is 2.03 bits per heavy atom. The van der Waals surface area contributed by atoms with Crippen LogP contribution in [0.4, 0.5) is 0 Å². The first-order chi connectivity index (χ1) is 14.4. The standard InChI is InChI=1S/C25H39NO5/c1-18(19-8-10-20(11-9-19)27-16-21-17-28-21)29-26-14-12-25(13-15-26)30-23(4,5)22(2,3)24(6,7)31-25/h8-11,18,21H,12-17H2,1-7H3. The fourth-order valence-electron chi connectivity index (χ4n) is 4.54. The van der Waals surface area contributed by atoms with E-state index in [1.807, 2.05) is 12.1 Å². The Morgan fingerprint density at radius 1 is 0.968 bits per heavy atom. The Labute approximate surface area is 187 Å². The minimum Gasteiger partial charge on any atom is -0.491 e. The van der Waals surface area contributed by atoms with Crippen molar-refractivity contribution >= 4 is 0 Å². The highest BCUT2D eigenvalue weighted by Crippen LogP contribution is 2.54. The largest absolute Gasteiger partial charge is 0.491 e. The molecule has 3 heterocycles. The van der Waals surface area contributed by atoms with E-state index in [1.54, 1.807) is 0 Å². The summed E-state index contributed by atoms with van der Waals surface area (Å²) in [5, 5.41) is 2.05. The van der Waals surface area contributed by atoms with E-state index in [0.717, 1.165) is 43.9 Å². The van der Waals surface area contributed by atoms with E-state index >= 15 is 0 Å². The summed E-state index contributed by atoms with van der Waals surface area (Å²) in [6.07, 6.45) is 1.82. The van der Waals surface area contributed by atoms with Crippen molar-refractivity contribution in [3.05, 3.63) is 29.8 Å². The third kappa shape index (κ3) is 4.64. The number of piperidine rings is 1. The van der Waals surface area contributed by atoms with Crippen molar-refractivity contribution in [3.8, 4) is 5.75 Å². The SMILES string of the molecule is CC(ON1CCC2(CC1)OC(C)(C)C(C)(C)C(C)(C)O2)c1ccc(OCC2CO2)cc1. The molecule has 3 aliphatic heterocycles. The van der Waals surface area contributed by atoms with E-state index in [4.69, 9.17) is 23.8 Å². The molecule has 4 rings (SSSR count). The van der Waals surface area contributed by atoms with Gasteiger partial charge in [-0.3, -0.25) is 4.84 Å². The zero-order chi connectivity index (χ0) is 22.5. The van der Waals surface area contributed by atoms with E-state index in [2.05, 4.69) is 65.7 Å². The second-order valence-corrected chi connectivity index (χ2v) is 10.8. The van der Waals surface area contributed by atoms with Gasteiger partial charge in [0.15, 0.2) is 5.79 Å². The average molecular weight is 434 g/mol. The highest BCUT2D eigenvalue weighted by atomic mass is 16.7. The quantitative estimate of drug-likeness (QED) is 0.596. The van der Waals surface area contributed by atoms with Crippen LogP contribution in [0.5, 0.6) is 5.75 Å². The molecule has 31 heavy (non-hydrogen) atoms. The molecule has 6 heteroatoms. The molecule has 6 nitrogen and oxygen atoms in total. The number of hydrogen-bond acceptors (Lipinski definition) is 6. The van der Waals surface area contributed by atoms with E-state index in [1.165, 1.54) is 0 Å². The summed E-state index contributed by atoms with van der Waals surface area (Å²) in [6, 6.07) is 8.14. The molecule has 1 aromatic carbocycles. The molecule has 174 valence electrons. The van der Waals surface area contributed by atoms with Crippen LogP contribution < -0.4 is 4.74 Å². The lowest BCUT2D eigenvalue weighted by Gasteiger charge is -2.62. The van der Waals surface area contributed by atoms with Crippen molar-refractivity contribution in [1.29, 1.82) is 0 Å². The van der Waals surface area contributed by atoms with Crippen molar-refractivity contribution in [3.63, 3.8) is 0 Å². The predicted octanol–water partition coefficient (Wildman–Crippen LogP) is 4.88. The highest BCUT2D eigenvalue weighted by Gasteiger charge is 2.60. The molecule has 0 N–H and O–H groups in total. The number of epoxide rings is 1. The van der Waals surface area contributed by atoms with Crippen LogP contribution in [0.1, 0.15) is 73.0 Å². The minimum atomic E-state index is -0.546. The molecule has 0 aromatic heterocycles. The normalized spacial score (nSPS) is 29.5. The highest BCUT2D eigenvalue weighted by molar-refractivity contribution is 5.28. The molecular formula is C25H39NO5. The molecule has 0 bridgehead atoms. The van der Waals surface area contributed by atoms with Crippen LogP contribution >= 0.6 is 0 Å². The molecule has 2 unspecified atom stereocenters. The van der Waals surface area contributed by atoms with Crippen molar-refractivity contribution in [2.45, 2.75) is 90.5 Å². The Hall–Kier alpha value is -1.18. The lowest BCUT2D eigenvalue weighted by Crippen LogP contribution is -2.68. The number of hydroxylamine groups is 2. The Kier molecular flexibility index (Phi) is 5.93. The van der Waals surface area contributed by atoms with Gasteiger partial charge in [-0.1, -0.05) is 26.0 Å². The fraction of sp³-hybridized carbons (Fsp3) is 0.760. The van der Waals surface area contributed by atoms with Gasteiger partial charge >= 0.3 is 0 Å². The second-order valence-electron chi connectivity index (χ2n) is 10.8. The van der Waals surface area contributed by atoms with Gasteiger partial charge < -0.3 is 18.9 Å². The molecule has 1 aromatic rings. The van der Waals surface area contributed by atoms with Gasteiger partial charge in [-0.25, -0.2) is 0 Å². The first-order valence-corrected chi connectivity index (χ1v) is 11.6. The zero-order valence-corrected chi connectivity index (χ0v) is 20.2. The predicted molar refractivity (Wildman–Crippen MR) is 119 cm³/mol. The second kappa shape index (κ2) is 7.99. The van der Waals surface area contributed by atoms with Crippen molar-refractivity contribution < 1.29 is 23.8 Å². The number of nitrogens with zero attached hydrogens (tertiary/aromatic N) is 1. The first-order valence-electron chi connectivity index (χ1n) is 11.6. The monoisotopic (exact) mass is 433 g/mol. The number of benzene rings is 1. The van der Waals surface area contributed by atoms with Gasteiger partial charge in [-0.15, -0.1) is 0 Å². The summed E-state index contributed by atoms with van der Waals surface area (Å²) in [7, 11) is 0. The molecule has 3 fully saturated rings. The van der Waals surface area contributed by atoms with Crippen LogP contribution in [-0.2, 0) is 19.0 Å². The summed E-state index contributed by atoms with van der Waals surface area (Å²) in [6.45, 7) is 18.3. The van der Waals surface area contributed by atoms with Crippen LogP contribution in [0.15, 0.2) is 24.3 Å². The Bertz CT molecular complexity index is 739. The summed E-state index contributed by atoms with van der Waals surface area (Å²) >= 11 is 0. The summed E-state index contributed by atoms with van der Waals surface area (Å²) in [5.41, 5.74) is 0.472. The molecule has 3 saturated heterocycles. The van der Waals surface area contributed by atoms with Crippen molar-refractivity contribution in [2.75, 3.05) is 26.3 Å². The van der Waals surface area contributed by atoms with Gasteiger partial charge in [0.1, 0.15) is 24.6 Å². The third-order valence-electron chi connectivity index (χ3n) is 7.87. The topological polar surface area (TPSA) is 52.7 Å². The van der Waals surface area contributed by atoms with Crippen LogP contribution in [0.2, 0.25) is 0 Å². The maximum absolute atomic E-state index is 6.62.